The Morgan fingerprint density at radius 3 is 2.55 bits per heavy atom. The summed E-state index contributed by atoms with van der Waals surface area (Å²) in [6.07, 6.45) is 9.05. The van der Waals surface area contributed by atoms with Crippen molar-refractivity contribution >= 4 is 30.3 Å². The van der Waals surface area contributed by atoms with Gasteiger partial charge in [0.05, 0.1) is 0 Å². The van der Waals surface area contributed by atoms with Crippen LogP contribution in [-0.4, -0.2) is 12.5 Å². The standard InChI is InChI=1S/C20H23NSi/c1-13-10-11-18-17(12-13)19-14(2)15-8-6-7-9-16(15)20(19)21(18)22(3,4)5/h6-12,15H,1-5H3. The highest BCUT2D eigenvalue weighted by Gasteiger charge is 2.29. The second-order valence-corrected chi connectivity index (χ2v) is 12.4. The first kappa shape index (κ1) is 13.8. The van der Waals surface area contributed by atoms with E-state index < -0.39 is 8.24 Å². The summed E-state index contributed by atoms with van der Waals surface area (Å²) in [5.74, 6) is 0.475. The van der Waals surface area contributed by atoms with Gasteiger partial charge in [-0.05, 0) is 31.6 Å². The molecule has 1 heterocycles. The van der Waals surface area contributed by atoms with E-state index in [0.717, 1.165) is 0 Å². The van der Waals surface area contributed by atoms with Crippen LogP contribution >= 0.6 is 0 Å². The zero-order valence-electron chi connectivity index (χ0n) is 14.1. The highest BCUT2D eigenvalue weighted by atomic mass is 28.3. The third-order valence-corrected chi connectivity index (χ3v) is 6.76. The lowest BCUT2D eigenvalue weighted by Gasteiger charge is -2.23. The number of hydrogen-bond donors (Lipinski definition) is 0. The van der Waals surface area contributed by atoms with Gasteiger partial charge in [-0.2, -0.15) is 0 Å². The van der Waals surface area contributed by atoms with Gasteiger partial charge in [-0.1, -0.05) is 61.1 Å². The topological polar surface area (TPSA) is 4.93 Å². The van der Waals surface area contributed by atoms with Crippen molar-refractivity contribution in [3.05, 3.63) is 58.6 Å². The summed E-state index contributed by atoms with van der Waals surface area (Å²) in [7, 11) is -1.50. The number of hydrogen-bond acceptors (Lipinski definition) is 0. The molecule has 0 fully saturated rings. The third-order valence-electron chi connectivity index (χ3n) is 4.95. The zero-order chi connectivity index (χ0) is 15.6. The van der Waals surface area contributed by atoms with E-state index in [4.69, 9.17) is 0 Å². The molecule has 112 valence electrons. The van der Waals surface area contributed by atoms with Crippen LogP contribution in [0.4, 0.5) is 0 Å². The number of allylic oxidation sites excluding steroid dienone is 4. The van der Waals surface area contributed by atoms with Crippen LogP contribution in [0.2, 0.25) is 19.6 Å². The van der Waals surface area contributed by atoms with E-state index in [9.17, 15) is 0 Å². The predicted molar refractivity (Wildman–Crippen MR) is 98.9 cm³/mol. The van der Waals surface area contributed by atoms with Crippen LogP contribution in [0.15, 0.2) is 42.5 Å². The molecule has 0 bridgehead atoms. The largest absolute Gasteiger partial charge is 0.368 e. The quantitative estimate of drug-likeness (QED) is 0.708. The molecule has 0 N–H and O–H groups in total. The van der Waals surface area contributed by atoms with Gasteiger partial charge in [-0.15, -0.1) is 0 Å². The molecule has 2 aromatic rings. The molecule has 0 saturated heterocycles. The molecule has 1 atom stereocenters. The van der Waals surface area contributed by atoms with Crippen molar-refractivity contribution in [3.63, 3.8) is 0 Å². The molecule has 0 amide bonds. The molecule has 1 aromatic heterocycles. The van der Waals surface area contributed by atoms with Crippen LogP contribution < -0.4 is 10.6 Å². The average Bonchev–Trinajstić information content (AvgIpc) is 2.93. The summed E-state index contributed by atoms with van der Waals surface area (Å²) in [5, 5.41) is 4.43. The van der Waals surface area contributed by atoms with Crippen LogP contribution in [0.25, 0.3) is 22.0 Å². The number of aromatic nitrogens is 1. The molecular weight excluding hydrogens is 282 g/mol. The maximum absolute atomic E-state index is 2.68. The Balaban J connectivity index is 2.33. The Labute approximate surface area is 133 Å². The van der Waals surface area contributed by atoms with Crippen LogP contribution in [0, 0.1) is 12.8 Å². The van der Waals surface area contributed by atoms with E-state index in [2.05, 4.69) is 80.2 Å². The molecular formula is C20H23NSi. The van der Waals surface area contributed by atoms with Gasteiger partial charge in [0.2, 0.25) is 0 Å². The van der Waals surface area contributed by atoms with E-state index >= 15 is 0 Å². The van der Waals surface area contributed by atoms with Gasteiger partial charge in [0, 0.05) is 27.4 Å². The number of aryl methyl sites for hydroxylation is 1. The normalized spacial score (nSPS) is 20.0. The lowest BCUT2D eigenvalue weighted by molar-refractivity contribution is 1.08. The van der Waals surface area contributed by atoms with Crippen molar-refractivity contribution in [1.82, 2.24) is 4.23 Å². The number of rotatable bonds is 1. The SMILES string of the molecule is CC1=c2c(n([Si](C)(C)C)c3ccc(C)cc23)=C2C=CC=CC12. The van der Waals surface area contributed by atoms with Crippen LogP contribution in [0.1, 0.15) is 12.5 Å². The second kappa shape index (κ2) is 4.36. The fourth-order valence-corrected chi connectivity index (χ4v) is 5.90. The number of benzene rings is 1. The maximum atomic E-state index is 2.68. The molecule has 2 aliphatic carbocycles. The minimum atomic E-state index is -1.50. The molecule has 2 aliphatic rings. The molecule has 22 heavy (non-hydrogen) atoms. The second-order valence-electron chi connectivity index (χ2n) is 7.61. The first-order chi connectivity index (χ1) is 10.4. The summed E-state index contributed by atoms with van der Waals surface area (Å²) >= 11 is 0. The van der Waals surface area contributed by atoms with Crippen molar-refractivity contribution in [2.45, 2.75) is 33.5 Å². The molecule has 0 aliphatic heterocycles. The summed E-state index contributed by atoms with van der Waals surface area (Å²) in [6.45, 7) is 11.8. The van der Waals surface area contributed by atoms with E-state index in [1.807, 2.05) is 0 Å². The minimum Gasteiger partial charge on any atom is -0.368 e. The summed E-state index contributed by atoms with van der Waals surface area (Å²) in [6, 6.07) is 6.95. The van der Waals surface area contributed by atoms with Gasteiger partial charge in [0.15, 0.2) is 8.24 Å². The lowest BCUT2D eigenvalue weighted by Crippen LogP contribution is -2.43. The van der Waals surface area contributed by atoms with E-state index in [-0.39, 0.29) is 0 Å². The highest BCUT2D eigenvalue weighted by Crippen LogP contribution is 2.31. The first-order valence-electron chi connectivity index (χ1n) is 8.11. The first-order valence-corrected chi connectivity index (χ1v) is 11.6. The molecule has 0 radical (unpaired) electrons. The van der Waals surface area contributed by atoms with Crippen LogP contribution in [-0.2, 0) is 0 Å². The Morgan fingerprint density at radius 2 is 1.82 bits per heavy atom. The van der Waals surface area contributed by atoms with E-state index in [0.29, 0.717) is 5.92 Å². The fraction of sp³-hybridized carbons (Fsp3) is 0.300. The Bertz CT molecular complexity index is 977. The molecule has 1 unspecified atom stereocenters. The smallest absolute Gasteiger partial charge is 0.153 e. The van der Waals surface area contributed by atoms with E-state index in [1.165, 1.54) is 38.2 Å². The maximum Gasteiger partial charge on any atom is 0.153 e. The Hall–Kier alpha value is -1.80. The zero-order valence-corrected chi connectivity index (χ0v) is 15.1. The molecule has 2 heteroatoms. The van der Waals surface area contributed by atoms with Gasteiger partial charge < -0.3 is 4.23 Å². The summed E-state index contributed by atoms with van der Waals surface area (Å²) in [5.41, 5.74) is 5.77. The van der Waals surface area contributed by atoms with Crippen LogP contribution in [0.5, 0.6) is 0 Å². The van der Waals surface area contributed by atoms with Crippen molar-refractivity contribution in [2.75, 3.05) is 0 Å². The lowest BCUT2D eigenvalue weighted by atomic mass is 9.92. The van der Waals surface area contributed by atoms with Crippen molar-refractivity contribution in [2.24, 2.45) is 5.92 Å². The van der Waals surface area contributed by atoms with Crippen molar-refractivity contribution in [3.8, 4) is 0 Å². The molecule has 1 nitrogen and oxygen atoms in total. The van der Waals surface area contributed by atoms with Crippen LogP contribution in [0.3, 0.4) is 0 Å². The molecule has 4 rings (SSSR count). The monoisotopic (exact) mass is 305 g/mol. The summed E-state index contributed by atoms with van der Waals surface area (Å²) in [4.78, 5) is 0. The Kier molecular flexibility index (Phi) is 2.74. The van der Waals surface area contributed by atoms with Crippen molar-refractivity contribution in [1.29, 1.82) is 0 Å². The average molecular weight is 305 g/mol. The highest BCUT2D eigenvalue weighted by molar-refractivity contribution is 6.75. The number of nitrogens with zero attached hydrogens (tertiary/aromatic N) is 1. The van der Waals surface area contributed by atoms with Gasteiger partial charge in [0.1, 0.15) is 0 Å². The van der Waals surface area contributed by atoms with Gasteiger partial charge in [-0.3, -0.25) is 0 Å². The summed E-state index contributed by atoms with van der Waals surface area (Å²) < 4.78 is 2.68. The van der Waals surface area contributed by atoms with Gasteiger partial charge >= 0.3 is 0 Å². The van der Waals surface area contributed by atoms with Gasteiger partial charge in [0.25, 0.3) is 0 Å². The molecule has 0 saturated carbocycles. The Morgan fingerprint density at radius 1 is 1.05 bits per heavy atom. The minimum absolute atomic E-state index is 0.475. The molecule has 1 aromatic carbocycles. The third kappa shape index (κ3) is 1.70. The van der Waals surface area contributed by atoms with Gasteiger partial charge in [-0.25, -0.2) is 0 Å². The fourth-order valence-electron chi connectivity index (χ4n) is 4.08. The predicted octanol–water partition coefficient (Wildman–Crippen LogP) is 3.71. The number of fused-ring (bicyclic) bond motifs is 4. The molecule has 0 spiro atoms. The van der Waals surface area contributed by atoms with Crippen molar-refractivity contribution < 1.29 is 0 Å². The van der Waals surface area contributed by atoms with E-state index in [1.54, 1.807) is 0 Å².